The van der Waals surface area contributed by atoms with Crippen molar-refractivity contribution in [2.75, 3.05) is 33.2 Å². The molecule has 1 aromatic carbocycles. The first-order valence-corrected chi connectivity index (χ1v) is 6.27. The Bertz CT molecular complexity index is 464. The molecule has 1 aliphatic heterocycles. The summed E-state index contributed by atoms with van der Waals surface area (Å²) in [6.07, 6.45) is 0. The molecule has 1 fully saturated rings. The fourth-order valence-electron chi connectivity index (χ4n) is 2.15. The molecule has 1 heterocycles. The van der Waals surface area contributed by atoms with Gasteiger partial charge < -0.3 is 4.90 Å². The molecule has 0 N–H and O–H groups in total. The SMILES string of the molecule is CN1CCN(C(C#N)c2ccc(Cl)cc2F)CC1. The maximum absolute atomic E-state index is 13.8. The average molecular weight is 268 g/mol. The molecule has 0 radical (unpaired) electrons. The van der Waals surface area contributed by atoms with Gasteiger partial charge in [-0.15, -0.1) is 0 Å². The summed E-state index contributed by atoms with van der Waals surface area (Å²) in [7, 11) is 2.04. The third kappa shape index (κ3) is 2.81. The summed E-state index contributed by atoms with van der Waals surface area (Å²) in [4.78, 5) is 4.20. The van der Waals surface area contributed by atoms with E-state index in [1.807, 2.05) is 11.9 Å². The number of hydrogen-bond acceptors (Lipinski definition) is 3. The lowest BCUT2D eigenvalue weighted by molar-refractivity contribution is 0.131. The maximum Gasteiger partial charge on any atom is 0.130 e. The van der Waals surface area contributed by atoms with Gasteiger partial charge in [0.05, 0.1) is 6.07 Å². The second kappa shape index (κ2) is 5.66. The van der Waals surface area contributed by atoms with Crippen molar-refractivity contribution in [2.45, 2.75) is 6.04 Å². The van der Waals surface area contributed by atoms with E-state index in [-0.39, 0.29) is 0 Å². The van der Waals surface area contributed by atoms with E-state index in [9.17, 15) is 9.65 Å². The lowest BCUT2D eigenvalue weighted by Gasteiger charge is -2.35. The molecule has 1 unspecified atom stereocenters. The van der Waals surface area contributed by atoms with Crippen LogP contribution in [-0.2, 0) is 0 Å². The minimum Gasteiger partial charge on any atom is -0.304 e. The highest BCUT2D eigenvalue weighted by Gasteiger charge is 2.25. The lowest BCUT2D eigenvalue weighted by Crippen LogP contribution is -2.45. The van der Waals surface area contributed by atoms with E-state index in [1.54, 1.807) is 12.1 Å². The molecular weight excluding hydrogens is 253 g/mol. The van der Waals surface area contributed by atoms with Crippen molar-refractivity contribution < 1.29 is 4.39 Å². The van der Waals surface area contributed by atoms with E-state index in [2.05, 4.69) is 11.0 Å². The quantitative estimate of drug-likeness (QED) is 0.824. The van der Waals surface area contributed by atoms with Crippen molar-refractivity contribution in [2.24, 2.45) is 0 Å². The first-order chi connectivity index (χ1) is 8.61. The van der Waals surface area contributed by atoms with Gasteiger partial charge in [-0.05, 0) is 19.2 Å². The van der Waals surface area contributed by atoms with Crippen LogP contribution in [0.4, 0.5) is 4.39 Å². The highest BCUT2D eigenvalue weighted by Crippen LogP contribution is 2.25. The Morgan fingerprint density at radius 3 is 2.56 bits per heavy atom. The average Bonchev–Trinajstić information content (AvgIpc) is 2.35. The molecule has 0 saturated carbocycles. The molecule has 96 valence electrons. The predicted octanol–water partition coefficient (Wildman–Crippen LogP) is 2.29. The monoisotopic (exact) mass is 267 g/mol. The summed E-state index contributed by atoms with van der Waals surface area (Å²) in [5.41, 5.74) is 0.409. The highest BCUT2D eigenvalue weighted by atomic mass is 35.5. The van der Waals surface area contributed by atoms with Gasteiger partial charge in [0.15, 0.2) is 0 Å². The Labute approximate surface area is 111 Å². The number of halogens is 2. The van der Waals surface area contributed by atoms with Gasteiger partial charge in [-0.2, -0.15) is 5.26 Å². The fraction of sp³-hybridized carbons (Fsp3) is 0.462. The van der Waals surface area contributed by atoms with Crippen molar-refractivity contribution >= 4 is 11.6 Å². The fourth-order valence-corrected chi connectivity index (χ4v) is 2.31. The first kappa shape index (κ1) is 13.3. The number of hydrogen-bond donors (Lipinski definition) is 0. The molecule has 0 bridgehead atoms. The smallest absolute Gasteiger partial charge is 0.130 e. The molecule has 18 heavy (non-hydrogen) atoms. The van der Waals surface area contributed by atoms with Crippen molar-refractivity contribution in [1.29, 1.82) is 5.26 Å². The van der Waals surface area contributed by atoms with Crippen LogP contribution in [0.5, 0.6) is 0 Å². The van der Waals surface area contributed by atoms with E-state index >= 15 is 0 Å². The van der Waals surface area contributed by atoms with Gasteiger partial charge in [0.1, 0.15) is 11.9 Å². The van der Waals surface area contributed by atoms with Gasteiger partial charge >= 0.3 is 0 Å². The van der Waals surface area contributed by atoms with Crippen LogP contribution in [0, 0.1) is 17.1 Å². The summed E-state index contributed by atoms with van der Waals surface area (Å²) < 4.78 is 13.8. The van der Waals surface area contributed by atoms with Gasteiger partial charge in [-0.1, -0.05) is 17.7 Å². The van der Waals surface area contributed by atoms with Gasteiger partial charge in [0.2, 0.25) is 0 Å². The summed E-state index contributed by atoms with van der Waals surface area (Å²) in [5, 5.41) is 9.64. The van der Waals surface area contributed by atoms with Gasteiger partial charge in [0.25, 0.3) is 0 Å². The van der Waals surface area contributed by atoms with Crippen molar-refractivity contribution in [3.8, 4) is 6.07 Å². The minimum atomic E-state index is -0.532. The Hall–Kier alpha value is -1.15. The summed E-state index contributed by atoms with van der Waals surface area (Å²) in [6.45, 7) is 3.34. The molecule has 5 heteroatoms. The molecule has 0 spiro atoms. The van der Waals surface area contributed by atoms with Crippen LogP contribution in [0.1, 0.15) is 11.6 Å². The Balaban J connectivity index is 2.21. The molecule has 1 atom stereocenters. The largest absolute Gasteiger partial charge is 0.304 e. The van der Waals surface area contributed by atoms with E-state index in [1.165, 1.54) is 6.07 Å². The number of piperazine rings is 1. The number of nitrogens with zero attached hydrogens (tertiary/aromatic N) is 3. The Morgan fingerprint density at radius 1 is 1.33 bits per heavy atom. The van der Waals surface area contributed by atoms with Gasteiger partial charge in [-0.3, -0.25) is 4.90 Å². The van der Waals surface area contributed by atoms with Crippen LogP contribution in [0.15, 0.2) is 18.2 Å². The van der Waals surface area contributed by atoms with Crippen LogP contribution >= 0.6 is 11.6 Å². The van der Waals surface area contributed by atoms with Crippen LogP contribution in [-0.4, -0.2) is 43.0 Å². The summed E-state index contributed by atoms with van der Waals surface area (Å²) in [5.74, 6) is -0.409. The third-order valence-corrected chi connectivity index (χ3v) is 3.52. The molecule has 1 saturated heterocycles. The van der Waals surface area contributed by atoms with Gasteiger partial charge in [0, 0.05) is 36.8 Å². The van der Waals surface area contributed by atoms with Gasteiger partial charge in [-0.25, -0.2) is 4.39 Å². The number of benzene rings is 1. The molecule has 1 aliphatic rings. The molecule has 0 aromatic heterocycles. The van der Waals surface area contributed by atoms with Crippen molar-refractivity contribution in [1.82, 2.24) is 9.80 Å². The molecule has 2 rings (SSSR count). The topological polar surface area (TPSA) is 30.3 Å². The maximum atomic E-state index is 13.8. The number of likely N-dealkylation sites (N-methyl/N-ethyl adjacent to an activating group) is 1. The second-order valence-electron chi connectivity index (χ2n) is 4.54. The zero-order valence-corrected chi connectivity index (χ0v) is 11.0. The third-order valence-electron chi connectivity index (χ3n) is 3.28. The van der Waals surface area contributed by atoms with Crippen LogP contribution in [0.2, 0.25) is 5.02 Å². The normalized spacial score (nSPS) is 19.4. The predicted molar refractivity (Wildman–Crippen MR) is 68.8 cm³/mol. The summed E-state index contributed by atoms with van der Waals surface area (Å²) in [6, 6.07) is 6.14. The Morgan fingerprint density at radius 2 is 2.00 bits per heavy atom. The molecule has 3 nitrogen and oxygen atoms in total. The van der Waals surface area contributed by atoms with Crippen LogP contribution in [0.25, 0.3) is 0 Å². The highest BCUT2D eigenvalue weighted by molar-refractivity contribution is 6.30. The molecule has 0 aliphatic carbocycles. The Kier molecular flexibility index (Phi) is 4.18. The molecular formula is C13H15ClFN3. The molecule has 1 aromatic rings. The van der Waals surface area contributed by atoms with E-state index in [0.717, 1.165) is 26.2 Å². The van der Waals surface area contributed by atoms with E-state index in [0.29, 0.717) is 10.6 Å². The second-order valence-corrected chi connectivity index (χ2v) is 4.97. The number of nitriles is 1. The first-order valence-electron chi connectivity index (χ1n) is 5.89. The van der Waals surface area contributed by atoms with E-state index in [4.69, 9.17) is 11.6 Å². The van der Waals surface area contributed by atoms with Crippen LogP contribution < -0.4 is 0 Å². The standard InChI is InChI=1S/C13H15ClFN3/c1-17-4-6-18(7-5-17)13(9-16)11-3-2-10(14)8-12(11)15/h2-3,8,13H,4-7H2,1H3. The zero-order valence-electron chi connectivity index (χ0n) is 10.2. The lowest BCUT2D eigenvalue weighted by atomic mass is 10.0. The molecule has 0 amide bonds. The van der Waals surface area contributed by atoms with Crippen LogP contribution in [0.3, 0.4) is 0 Å². The summed E-state index contributed by atoms with van der Waals surface area (Å²) >= 11 is 5.73. The van der Waals surface area contributed by atoms with Crippen molar-refractivity contribution in [3.63, 3.8) is 0 Å². The van der Waals surface area contributed by atoms with E-state index < -0.39 is 11.9 Å². The number of rotatable bonds is 2. The zero-order chi connectivity index (χ0) is 13.1. The minimum absolute atomic E-state index is 0.353. The van der Waals surface area contributed by atoms with Crippen molar-refractivity contribution in [3.05, 3.63) is 34.6 Å².